The monoisotopic (exact) mass is 258 g/mol. The van der Waals surface area contributed by atoms with Gasteiger partial charge in [0.1, 0.15) is 12.1 Å². The lowest BCUT2D eigenvalue weighted by atomic mass is 9.99. The van der Waals surface area contributed by atoms with Crippen LogP contribution in [-0.4, -0.2) is 60.8 Å². The summed E-state index contributed by atoms with van der Waals surface area (Å²) in [6, 6.07) is -0.849. The number of aliphatic carboxylic acids is 1. The van der Waals surface area contributed by atoms with Crippen LogP contribution in [0.1, 0.15) is 20.3 Å². The van der Waals surface area contributed by atoms with Gasteiger partial charge in [-0.25, -0.2) is 4.79 Å². The summed E-state index contributed by atoms with van der Waals surface area (Å²) in [4.78, 5) is 25.1. The van der Waals surface area contributed by atoms with E-state index in [2.05, 4.69) is 5.32 Å². The van der Waals surface area contributed by atoms with Crippen molar-refractivity contribution < 1.29 is 19.4 Å². The number of carbonyl (C=O) groups excluding carboxylic acids is 1. The average Bonchev–Trinajstić information content (AvgIpc) is 2.34. The molecule has 1 unspecified atom stereocenters. The molecule has 0 bridgehead atoms. The number of hydrogen-bond donors (Lipinski definition) is 2. The molecule has 1 aliphatic rings. The van der Waals surface area contributed by atoms with Crippen LogP contribution in [-0.2, 0) is 14.3 Å². The minimum Gasteiger partial charge on any atom is -0.480 e. The van der Waals surface area contributed by atoms with Crippen molar-refractivity contribution in [3.8, 4) is 0 Å². The highest BCUT2D eigenvalue weighted by molar-refractivity contribution is 5.86. The highest BCUT2D eigenvalue weighted by atomic mass is 16.5. The van der Waals surface area contributed by atoms with Gasteiger partial charge in [-0.1, -0.05) is 20.3 Å². The summed E-state index contributed by atoms with van der Waals surface area (Å²) in [6.07, 6.45) is 0.123. The molecule has 1 heterocycles. The summed E-state index contributed by atoms with van der Waals surface area (Å²) >= 11 is 0. The summed E-state index contributed by atoms with van der Waals surface area (Å²) in [5.74, 6) is -1.44. The SMILES string of the molecule is CC[C@H](C)[C@H](NC(=O)C1CN(C)CCO1)C(=O)O. The van der Waals surface area contributed by atoms with Crippen molar-refractivity contribution in [2.45, 2.75) is 32.4 Å². The van der Waals surface area contributed by atoms with Gasteiger partial charge < -0.3 is 20.1 Å². The Morgan fingerprint density at radius 1 is 1.56 bits per heavy atom. The number of ether oxygens (including phenoxy) is 1. The minimum absolute atomic E-state index is 0.104. The van der Waals surface area contributed by atoms with Crippen LogP contribution in [0.3, 0.4) is 0 Å². The molecule has 0 saturated carbocycles. The quantitative estimate of drug-likeness (QED) is 0.722. The van der Waals surface area contributed by atoms with E-state index >= 15 is 0 Å². The second kappa shape index (κ2) is 6.70. The van der Waals surface area contributed by atoms with Gasteiger partial charge in [0.25, 0.3) is 5.91 Å². The van der Waals surface area contributed by atoms with Gasteiger partial charge in [-0.2, -0.15) is 0 Å². The van der Waals surface area contributed by atoms with Gasteiger partial charge in [-0.15, -0.1) is 0 Å². The van der Waals surface area contributed by atoms with E-state index in [4.69, 9.17) is 9.84 Å². The number of nitrogens with zero attached hydrogens (tertiary/aromatic N) is 1. The highest BCUT2D eigenvalue weighted by Crippen LogP contribution is 2.10. The molecular formula is C12H22N2O4. The Hall–Kier alpha value is -1.14. The maximum atomic E-state index is 12.0. The molecular weight excluding hydrogens is 236 g/mol. The van der Waals surface area contributed by atoms with Crippen molar-refractivity contribution in [2.24, 2.45) is 5.92 Å². The van der Waals surface area contributed by atoms with Gasteiger partial charge in [0, 0.05) is 13.1 Å². The van der Waals surface area contributed by atoms with Crippen molar-refractivity contribution in [1.29, 1.82) is 0 Å². The number of carboxylic acid groups (broad SMARTS) is 1. The molecule has 1 fully saturated rings. The van der Waals surface area contributed by atoms with Crippen LogP contribution in [0.15, 0.2) is 0 Å². The first-order valence-electron chi connectivity index (χ1n) is 6.29. The smallest absolute Gasteiger partial charge is 0.326 e. The van der Waals surface area contributed by atoms with E-state index in [1.165, 1.54) is 0 Å². The third kappa shape index (κ3) is 3.96. The van der Waals surface area contributed by atoms with Crippen molar-refractivity contribution >= 4 is 11.9 Å². The molecule has 6 heteroatoms. The molecule has 1 aliphatic heterocycles. The summed E-state index contributed by atoms with van der Waals surface area (Å²) in [5.41, 5.74) is 0. The highest BCUT2D eigenvalue weighted by Gasteiger charge is 2.30. The van der Waals surface area contributed by atoms with Gasteiger partial charge in [0.05, 0.1) is 6.61 Å². The zero-order valence-corrected chi connectivity index (χ0v) is 11.2. The number of likely N-dealkylation sites (N-methyl/N-ethyl adjacent to an activating group) is 1. The van der Waals surface area contributed by atoms with E-state index < -0.39 is 18.1 Å². The van der Waals surface area contributed by atoms with Crippen LogP contribution >= 0.6 is 0 Å². The summed E-state index contributed by atoms with van der Waals surface area (Å²) < 4.78 is 5.36. The lowest BCUT2D eigenvalue weighted by Crippen LogP contribution is -2.53. The van der Waals surface area contributed by atoms with E-state index in [9.17, 15) is 9.59 Å². The molecule has 0 radical (unpaired) electrons. The van der Waals surface area contributed by atoms with Gasteiger partial charge in [0.15, 0.2) is 0 Å². The van der Waals surface area contributed by atoms with E-state index in [1.54, 1.807) is 0 Å². The third-order valence-electron chi connectivity index (χ3n) is 3.34. The molecule has 18 heavy (non-hydrogen) atoms. The molecule has 0 aromatic heterocycles. The molecule has 0 spiro atoms. The molecule has 0 aliphatic carbocycles. The number of morpholine rings is 1. The number of amides is 1. The number of carbonyl (C=O) groups is 2. The van der Waals surface area contributed by atoms with Crippen LogP contribution < -0.4 is 5.32 Å². The fourth-order valence-corrected chi connectivity index (χ4v) is 1.87. The molecule has 1 rings (SSSR count). The second-order valence-electron chi connectivity index (χ2n) is 4.83. The number of nitrogens with one attached hydrogen (secondary N) is 1. The lowest BCUT2D eigenvalue weighted by molar-refractivity contribution is -0.147. The first-order chi connectivity index (χ1) is 8.45. The fourth-order valence-electron chi connectivity index (χ4n) is 1.87. The predicted octanol–water partition coefficient (Wildman–Crippen LogP) is -0.0675. The van der Waals surface area contributed by atoms with Crippen LogP contribution in [0.5, 0.6) is 0 Å². The van der Waals surface area contributed by atoms with Crippen LogP contribution in [0.4, 0.5) is 0 Å². The van der Waals surface area contributed by atoms with Gasteiger partial charge in [0.2, 0.25) is 0 Å². The number of hydrogen-bond acceptors (Lipinski definition) is 4. The normalized spacial score (nSPS) is 24.3. The van der Waals surface area contributed by atoms with E-state index in [1.807, 2.05) is 25.8 Å². The van der Waals surface area contributed by atoms with Crippen molar-refractivity contribution in [1.82, 2.24) is 10.2 Å². The molecule has 0 aromatic rings. The Morgan fingerprint density at radius 2 is 2.22 bits per heavy atom. The van der Waals surface area contributed by atoms with Gasteiger partial charge in [-0.05, 0) is 13.0 Å². The van der Waals surface area contributed by atoms with Crippen molar-refractivity contribution in [3.05, 3.63) is 0 Å². The first kappa shape index (κ1) is 14.9. The molecule has 3 atom stereocenters. The van der Waals surface area contributed by atoms with Crippen molar-refractivity contribution in [2.75, 3.05) is 26.7 Å². The van der Waals surface area contributed by atoms with Crippen LogP contribution in [0.2, 0.25) is 0 Å². The van der Waals surface area contributed by atoms with Crippen LogP contribution in [0.25, 0.3) is 0 Å². The lowest BCUT2D eigenvalue weighted by Gasteiger charge is -2.30. The molecule has 1 amide bonds. The molecule has 1 saturated heterocycles. The topological polar surface area (TPSA) is 78.9 Å². The maximum absolute atomic E-state index is 12.0. The van der Waals surface area contributed by atoms with Gasteiger partial charge >= 0.3 is 5.97 Å². The number of rotatable bonds is 5. The van der Waals surface area contributed by atoms with Gasteiger partial charge in [-0.3, -0.25) is 4.79 Å². The largest absolute Gasteiger partial charge is 0.480 e. The zero-order chi connectivity index (χ0) is 13.7. The molecule has 0 aromatic carbocycles. The molecule has 2 N–H and O–H groups in total. The minimum atomic E-state index is -0.998. The van der Waals surface area contributed by atoms with E-state index in [0.29, 0.717) is 19.6 Å². The van der Waals surface area contributed by atoms with Crippen LogP contribution in [0, 0.1) is 5.92 Å². The first-order valence-corrected chi connectivity index (χ1v) is 6.29. The Morgan fingerprint density at radius 3 is 2.72 bits per heavy atom. The molecule has 104 valence electrons. The average molecular weight is 258 g/mol. The predicted molar refractivity (Wildman–Crippen MR) is 66.3 cm³/mol. The summed E-state index contributed by atoms with van der Waals surface area (Å²) in [7, 11) is 1.91. The Bertz CT molecular complexity index is 308. The second-order valence-corrected chi connectivity index (χ2v) is 4.83. The summed E-state index contributed by atoms with van der Waals surface area (Å²) in [5, 5.41) is 11.7. The Labute approximate surface area is 107 Å². The Kier molecular flexibility index (Phi) is 5.55. The van der Waals surface area contributed by atoms with E-state index in [0.717, 1.165) is 6.54 Å². The fraction of sp³-hybridized carbons (Fsp3) is 0.833. The summed E-state index contributed by atoms with van der Waals surface area (Å²) in [6.45, 7) is 5.50. The van der Waals surface area contributed by atoms with E-state index in [-0.39, 0.29) is 11.8 Å². The third-order valence-corrected chi connectivity index (χ3v) is 3.34. The zero-order valence-electron chi connectivity index (χ0n) is 11.2. The maximum Gasteiger partial charge on any atom is 0.326 e. The van der Waals surface area contributed by atoms with Crippen molar-refractivity contribution in [3.63, 3.8) is 0 Å². The molecule has 6 nitrogen and oxygen atoms in total. The standard InChI is InChI=1S/C12H22N2O4/c1-4-8(2)10(12(16)17)13-11(15)9-7-14(3)5-6-18-9/h8-10H,4-7H2,1-3H3,(H,13,15)(H,16,17)/t8-,9?,10-/m0/s1. The number of carboxylic acids is 1. The Balaban J connectivity index is 2.58.